The van der Waals surface area contributed by atoms with Crippen molar-refractivity contribution >= 4 is 11.9 Å². The molecule has 7 heteroatoms. The molecule has 27 heavy (non-hydrogen) atoms. The molecule has 144 valence electrons. The third-order valence-electron chi connectivity index (χ3n) is 3.84. The summed E-state index contributed by atoms with van der Waals surface area (Å²) in [6.07, 6.45) is 0.610. The Kier molecular flexibility index (Phi) is 7.49. The smallest absolute Gasteiger partial charge is 0.338 e. The molecule has 0 saturated carbocycles. The van der Waals surface area contributed by atoms with E-state index in [0.717, 1.165) is 5.56 Å². The first-order valence-corrected chi connectivity index (χ1v) is 8.36. The van der Waals surface area contributed by atoms with E-state index in [1.807, 2.05) is 18.2 Å². The third kappa shape index (κ3) is 5.91. The van der Waals surface area contributed by atoms with Crippen LogP contribution in [0.15, 0.2) is 42.5 Å². The van der Waals surface area contributed by atoms with Gasteiger partial charge in [0.2, 0.25) is 0 Å². The summed E-state index contributed by atoms with van der Waals surface area (Å²) in [5, 5.41) is 2.71. The standard InChI is InChI=1S/C20H23NO6/c1-24-16-7-5-15(6-8-16)20(23)27-13-19(22)21-11-10-14-4-9-17(25-2)18(12-14)26-3/h4-9,12H,10-11,13H2,1-3H3,(H,21,22). The largest absolute Gasteiger partial charge is 0.497 e. The van der Waals surface area contributed by atoms with Gasteiger partial charge in [-0.2, -0.15) is 0 Å². The molecule has 0 radical (unpaired) electrons. The number of nitrogens with one attached hydrogen (secondary N) is 1. The van der Waals surface area contributed by atoms with Crippen LogP contribution in [0.25, 0.3) is 0 Å². The Morgan fingerprint density at radius 1 is 0.889 bits per heavy atom. The molecule has 0 saturated heterocycles. The monoisotopic (exact) mass is 373 g/mol. The van der Waals surface area contributed by atoms with E-state index in [-0.39, 0.29) is 12.5 Å². The summed E-state index contributed by atoms with van der Waals surface area (Å²) in [4.78, 5) is 23.7. The molecule has 0 aliphatic heterocycles. The lowest BCUT2D eigenvalue weighted by atomic mass is 10.1. The topological polar surface area (TPSA) is 83.1 Å². The third-order valence-corrected chi connectivity index (χ3v) is 3.84. The summed E-state index contributed by atoms with van der Waals surface area (Å²) in [5.41, 5.74) is 1.34. The summed E-state index contributed by atoms with van der Waals surface area (Å²) in [7, 11) is 4.69. The fourth-order valence-electron chi connectivity index (χ4n) is 2.37. The van der Waals surface area contributed by atoms with Crippen LogP contribution >= 0.6 is 0 Å². The number of rotatable bonds is 9. The molecule has 2 aromatic rings. The molecule has 0 heterocycles. The van der Waals surface area contributed by atoms with Crippen LogP contribution in [-0.2, 0) is 16.0 Å². The molecular formula is C20H23NO6. The van der Waals surface area contributed by atoms with Crippen molar-refractivity contribution in [2.45, 2.75) is 6.42 Å². The second-order valence-electron chi connectivity index (χ2n) is 5.59. The van der Waals surface area contributed by atoms with Crippen LogP contribution in [-0.4, -0.2) is 46.4 Å². The highest BCUT2D eigenvalue weighted by atomic mass is 16.5. The number of carbonyl (C=O) groups excluding carboxylic acids is 2. The van der Waals surface area contributed by atoms with Gasteiger partial charge in [0.1, 0.15) is 5.75 Å². The van der Waals surface area contributed by atoms with Crippen LogP contribution in [0.5, 0.6) is 17.2 Å². The average Bonchev–Trinajstić information content (AvgIpc) is 2.71. The first kappa shape index (κ1) is 20.1. The summed E-state index contributed by atoms with van der Waals surface area (Å²) in [6.45, 7) is 0.0746. The van der Waals surface area contributed by atoms with Gasteiger partial charge in [-0.1, -0.05) is 6.07 Å². The SMILES string of the molecule is COc1ccc(C(=O)OCC(=O)NCCc2ccc(OC)c(OC)c2)cc1. The van der Waals surface area contributed by atoms with E-state index in [9.17, 15) is 9.59 Å². The van der Waals surface area contributed by atoms with Gasteiger partial charge in [-0.3, -0.25) is 4.79 Å². The Bertz CT molecular complexity index is 773. The fraction of sp³-hybridized carbons (Fsp3) is 0.300. The van der Waals surface area contributed by atoms with Crippen LogP contribution in [0.2, 0.25) is 0 Å². The van der Waals surface area contributed by atoms with E-state index in [1.54, 1.807) is 45.6 Å². The molecule has 2 rings (SSSR count). The van der Waals surface area contributed by atoms with E-state index < -0.39 is 5.97 Å². The minimum Gasteiger partial charge on any atom is -0.497 e. The molecule has 7 nitrogen and oxygen atoms in total. The average molecular weight is 373 g/mol. The maximum Gasteiger partial charge on any atom is 0.338 e. The zero-order valence-electron chi connectivity index (χ0n) is 15.6. The highest BCUT2D eigenvalue weighted by Crippen LogP contribution is 2.27. The van der Waals surface area contributed by atoms with Crippen molar-refractivity contribution in [3.63, 3.8) is 0 Å². The molecule has 0 unspecified atom stereocenters. The normalized spacial score (nSPS) is 10.0. The summed E-state index contributed by atoms with van der Waals surface area (Å²) in [6, 6.07) is 12.0. The minimum atomic E-state index is -0.562. The number of hydrogen-bond acceptors (Lipinski definition) is 6. The lowest BCUT2D eigenvalue weighted by Gasteiger charge is -2.10. The minimum absolute atomic E-state index is 0.337. The van der Waals surface area contributed by atoms with Crippen molar-refractivity contribution in [3.05, 3.63) is 53.6 Å². The molecule has 2 aromatic carbocycles. The van der Waals surface area contributed by atoms with Gasteiger partial charge in [-0.25, -0.2) is 4.79 Å². The van der Waals surface area contributed by atoms with Gasteiger partial charge in [-0.15, -0.1) is 0 Å². The van der Waals surface area contributed by atoms with Crippen LogP contribution in [0.1, 0.15) is 15.9 Å². The van der Waals surface area contributed by atoms with Crippen LogP contribution in [0, 0.1) is 0 Å². The van der Waals surface area contributed by atoms with Crippen LogP contribution in [0.4, 0.5) is 0 Å². The molecule has 0 aliphatic carbocycles. The lowest BCUT2D eigenvalue weighted by molar-refractivity contribution is -0.124. The predicted molar refractivity (Wildman–Crippen MR) is 99.5 cm³/mol. The van der Waals surface area contributed by atoms with Gasteiger partial charge in [-0.05, 0) is 48.4 Å². The van der Waals surface area contributed by atoms with Crippen molar-refractivity contribution in [2.24, 2.45) is 0 Å². The first-order valence-electron chi connectivity index (χ1n) is 8.36. The molecule has 1 amide bonds. The van der Waals surface area contributed by atoms with Gasteiger partial charge in [0.25, 0.3) is 5.91 Å². The summed E-state index contributed by atoms with van der Waals surface area (Å²) >= 11 is 0. The highest BCUT2D eigenvalue weighted by Gasteiger charge is 2.10. The number of amides is 1. The lowest BCUT2D eigenvalue weighted by Crippen LogP contribution is -2.30. The van der Waals surface area contributed by atoms with E-state index >= 15 is 0 Å². The molecule has 1 N–H and O–H groups in total. The molecule has 0 aromatic heterocycles. The number of carbonyl (C=O) groups is 2. The van der Waals surface area contributed by atoms with Gasteiger partial charge in [0.05, 0.1) is 26.9 Å². The molecule has 0 bridgehead atoms. The first-order chi connectivity index (χ1) is 13.1. The van der Waals surface area contributed by atoms with Gasteiger partial charge in [0.15, 0.2) is 18.1 Å². The van der Waals surface area contributed by atoms with Gasteiger partial charge in [0, 0.05) is 6.54 Å². The molecular weight excluding hydrogens is 350 g/mol. The van der Waals surface area contributed by atoms with Crippen molar-refractivity contribution in [1.82, 2.24) is 5.32 Å². The van der Waals surface area contributed by atoms with Gasteiger partial charge < -0.3 is 24.3 Å². The number of ether oxygens (including phenoxy) is 4. The second-order valence-corrected chi connectivity index (χ2v) is 5.59. The maximum absolute atomic E-state index is 11.9. The Hall–Kier alpha value is -3.22. The Labute approximate surface area is 158 Å². The van der Waals surface area contributed by atoms with E-state index in [1.165, 1.54) is 0 Å². The van der Waals surface area contributed by atoms with Crippen LogP contribution in [0.3, 0.4) is 0 Å². The zero-order valence-corrected chi connectivity index (χ0v) is 15.6. The molecule has 0 aliphatic rings. The van der Waals surface area contributed by atoms with E-state index in [2.05, 4.69) is 5.32 Å². The number of esters is 1. The van der Waals surface area contributed by atoms with Crippen molar-refractivity contribution in [3.8, 4) is 17.2 Å². The fourth-order valence-corrected chi connectivity index (χ4v) is 2.37. The van der Waals surface area contributed by atoms with Crippen LogP contribution < -0.4 is 19.5 Å². The number of methoxy groups -OCH3 is 3. The maximum atomic E-state index is 11.9. The zero-order chi connectivity index (χ0) is 19.6. The second kappa shape index (κ2) is 10.1. The molecule has 0 fully saturated rings. The van der Waals surface area contributed by atoms with Crippen molar-refractivity contribution in [2.75, 3.05) is 34.5 Å². The summed E-state index contributed by atoms with van der Waals surface area (Å²) < 4.78 is 20.5. The number of hydrogen-bond donors (Lipinski definition) is 1. The Balaban J connectivity index is 1.75. The predicted octanol–water partition coefficient (Wildman–Crippen LogP) is 2.23. The van der Waals surface area contributed by atoms with E-state index in [0.29, 0.717) is 35.8 Å². The van der Waals surface area contributed by atoms with E-state index in [4.69, 9.17) is 18.9 Å². The molecule has 0 spiro atoms. The Morgan fingerprint density at radius 2 is 1.59 bits per heavy atom. The quantitative estimate of drug-likeness (QED) is 0.679. The number of benzene rings is 2. The highest BCUT2D eigenvalue weighted by molar-refractivity contribution is 5.91. The molecule has 0 atom stereocenters. The van der Waals surface area contributed by atoms with Crippen molar-refractivity contribution in [1.29, 1.82) is 0 Å². The van der Waals surface area contributed by atoms with Gasteiger partial charge >= 0.3 is 5.97 Å². The Morgan fingerprint density at radius 3 is 2.22 bits per heavy atom. The summed E-state index contributed by atoms with van der Waals surface area (Å²) in [5.74, 6) is 0.995. The van der Waals surface area contributed by atoms with Crippen molar-refractivity contribution < 1.29 is 28.5 Å².